The van der Waals surface area contributed by atoms with Crippen molar-refractivity contribution < 1.29 is 14.7 Å². The Balaban J connectivity index is 1.90. The van der Waals surface area contributed by atoms with Gasteiger partial charge in [0.15, 0.2) is 0 Å². The molecular formula is C20H30O3. The molecule has 1 N–H and O–H groups in total. The summed E-state index contributed by atoms with van der Waals surface area (Å²) in [4.78, 5) is 24.7. The van der Waals surface area contributed by atoms with Gasteiger partial charge in [-0.1, -0.05) is 26.8 Å². The highest BCUT2D eigenvalue weighted by atomic mass is 16.3. The molecule has 3 rings (SSSR count). The Morgan fingerprint density at radius 1 is 1.35 bits per heavy atom. The van der Waals surface area contributed by atoms with Gasteiger partial charge < -0.3 is 9.90 Å². The van der Waals surface area contributed by atoms with E-state index >= 15 is 0 Å². The third-order valence-corrected chi connectivity index (χ3v) is 7.59. The van der Waals surface area contributed by atoms with Crippen molar-refractivity contribution >= 4 is 12.1 Å². The number of rotatable bonds is 3. The van der Waals surface area contributed by atoms with Crippen molar-refractivity contribution in [2.24, 2.45) is 34.5 Å². The van der Waals surface area contributed by atoms with Crippen LogP contribution in [0.4, 0.5) is 0 Å². The van der Waals surface area contributed by atoms with E-state index in [4.69, 9.17) is 0 Å². The van der Waals surface area contributed by atoms with E-state index in [1.54, 1.807) is 0 Å². The summed E-state index contributed by atoms with van der Waals surface area (Å²) in [7, 11) is 0. The largest absolute Gasteiger partial charge is 0.392 e. The Hall–Kier alpha value is -0.960. The lowest BCUT2D eigenvalue weighted by Crippen LogP contribution is -2.57. The van der Waals surface area contributed by atoms with Gasteiger partial charge in [0.1, 0.15) is 12.1 Å². The van der Waals surface area contributed by atoms with Crippen LogP contribution in [-0.2, 0) is 9.59 Å². The number of aliphatic hydroxyl groups excluding tert-OH is 1. The third-order valence-electron chi connectivity index (χ3n) is 7.59. The number of carbonyl (C=O) groups is 2. The topological polar surface area (TPSA) is 54.4 Å². The monoisotopic (exact) mass is 318 g/mol. The van der Waals surface area contributed by atoms with Crippen LogP contribution >= 0.6 is 0 Å². The first-order valence-corrected chi connectivity index (χ1v) is 9.13. The Labute approximate surface area is 139 Å². The van der Waals surface area contributed by atoms with Gasteiger partial charge in [0.25, 0.3) is 0 Å². The van der Waals surface area contributed by atoms with E-state index in [-0.39, 0.29) is 35.2 Å². The van der Waals surface area contributed by atoms with Crippen molar-refractivity contribution in [3.63, 3.8) is 0 Å². The van der Waals surface area contributed by atoms with Crippen molar-refractivity contribution in [2.45, 2.75) is 58.8 Å². The fourth-order valence-corrected chi connectivity index (χ4v) is 6.17. The molecule has 0 heterocycles. The van der Waals surface area contributed by atoms with Gasteiger partial charge in [-0.15, -0.1) is 0 Å². The summed E-state index contributed by atoms with van der Waals surface area (Å²) in [5, 5.41) is 9.36. The van der Waals surface area contributed by atoms with Gasteiger partial charge in [0.2, 0.25) is 0 Å². The molecule has 3 fully saturated rings. The quantitative estimate of drug-likeness (QED) is 0.639. The second-order valence-electron chi connectivity index (χ2n) is 8.75. The van der Waals surface area contributed by atoms with Crippen LogP contribution in [0.3, 0.4) is 0 Å². The number of hydrogen-bond donors (Lipinski definition) is 1. The van der Waals surface area contributed by atoms with Gasteiger partial charge in [-0.05, 0) is 60.8 Å². The fourth-order valence-electron chi connectivity index (χ4n) is 6.17. The molecule has 3 heteroatoms. The molecule has 0 bridgehead atoms. The van der Waals surface area contributed by atoms with Gasteiger partial charge in [-0.2, -0.15) is 0 Å². The predicted molar refractivity (Wildman–Crippen MR) is 89.8 cm³/mol. The lowest BCUT2D eigenvalue weighted by atomic mass is 9.43. The molecule has 0 radical (unpaired) electrons. The number of fused-ring (bicyclic) bond motifs is 3. The minimum absolute atomic E-state index is 0.0271. The van der Waals surface area contributed by atoms with Crippen LogP contribution in [-0.4, -0.2) is 23.8 Å². The Morgan fingerprint density at radius 2 is 2.09 bits per heavy atom. The summed E-state index contributed by atoms with van der Waals surface area (Å²) in [5.74, 6) is 1.34. The highest BCUT2D eigenvalue weighted by molar-refractivity contribution is 5.84. The van der Waals surface area contributed by atoms with Crippen LogP contribution in [0.25, 0.3) is 0 Å². The van der Waals surface area contributed by atoms with Crippen LogP contribution in [0.5, 0.6) is 0 Å². The summed E-state index contributed by atoms with van der Waals surface area (Å²) >= 11 is 0. The molecule has 3 saturated carbocycles. The smallest absolute Gasteiger partial charge is 0.136 e. The maximum Gasteiger partial charge on any atom is 0.136 e. The van der Waals surface area contributed by atoms with E-state index in [0.717, 1.165) is 50.4 Å². The van der Waals surface area contributed by atoms with E-state index in [0.29, 0.717) is 18.1 Å². The number of aliphatic hydroxyl groups is 1. The average molecular weight is 318 g/mol. The Bertz CT molecular complexity index is 525. The lowest BCUT2D eigenvalue weighted by Gasteiger charge is -2.59. The molecule has 0 aliphatic heterocycles. The molecule has 128 valence electrons. The molecule has 3 aliphatic carbocycles. The zero-order valence-electron chi connectivity index (χ0n) is 14.5. The maximum atomic E-state index is 12.9. The van der Waals surface area contributed by atoms with E-state index in [9.17, 15) is 14.7 Å². The SMILES string of the molecule is C=C(CO)C1CCC2C(C1)C(=O)CC1C(C)(C=O)CCCC21C. The van der Waals surface area contributed by atoms with Gasteiger partial charge in [-0.3, -0.25) is 4.79 Å². The van der Waals surface area contributed by atoms with Gasteiger partial charge in [0, 0.05) is 17.8 Å². The molecule has 0 aromatic carbocycles. The van der Waals surface area contributed by atoms with Crippen LogP contribution in [0.1, 0.15) is 58.8 Å². The van der Waals surface area contributed by atoms with Crippen molar-refractivity contribution in [3.8, 4) is 0 Å². The van der Waals surface area contributed by atoms with Crippen LogP contribution in [0.2, 0.25) is 0 Å². The highest BCUT2D eigenvalue weighted by Crippen LogP contribution is 2.63. The van der Waals surface area contributed by atoms with Crippen molar-refractivity contribution in [2.75, 3.05) is 6.61 Å². The van der Waals surface area contributed by atoms with Gasteiger partial charge >= 0.3 is 0 Å². The average Bonchev–Trinajstić information content (AvgIpc) is 2.56. The van der Waals surface area contributed by atoms with Crippen molar-refractivity contribution in [1.29, 1.82) is 0 Å². The molecule has 0 amide bonds. The summed E-state index contributed by atoms with van der Waals surface area (Å²) in [5.41, 5.74) is 0.655. The standard InChI is InChI=1S/C20H30O3/c1-13(11-21)14-5-6-16-15(9-14)17(23)10-18-19(2,12-22)7-4-8-20(16,18)3/h12,14-16,18,21H,1,4-11H2,2-3H3. The number of carbonyl (C=O) groups excluding carboxylic acids is 2. The second kappa shape index (κ2) is 5.84. The first-order valence-electron chi connectivity index (χ1n) is 9.13. The van der Waals surface area contributed by atoms with E-state index < -0.39 is 0 Å². The van der Waals surface area contributed by atoms with Gasteiger partial charge in [-0.25, -0.2) is 0 Å². The normalized spacial score (nSPS) is 46.7. The number of hydrogen-bond acceptors (Lipinski definition) is 3. The Kier molecular flexibility index (Phi) is 4.29. The number of aldehydes is 1. The fraction of sp³-hybridized carbons (Fsp3) is 0.800. The first kappa shape index (κ1) is 16.9. The van der Waals surface area contributed by atoms with E-state index in [1.807, 2.05) is 0 Å². The molecular weight excluding hydrogens is 288 g/mol. The third kappa shape index (κ3) is 2.52. The van der Waals surface area contributed by atoms with Crippen molar-refractivity contribution in [1.82, 2.24) is 0 Å². The van der Waals surface area contributed by atoms with Crippen LogP contribution in [0, 0.1) is 34.5 Å². The van der Waals surface area contributed by atoms with Gasteiger partial charge in [0.05, 0.1) is 6.61 Å². The van der Waals surface area contributed by atoms with Crippen LogP contribution < -0.4 is 0 Å². The summed E-state index contributed by atoms with van der Waals surface area (Å²) < 4.78 is 0. The molecule has 3 nitrogen and oxygen atoms in total. The molecule has 6 unspecified atom stereocenters. The Morgan fingerprint density at radius 3 is 2.74 bits per heavy atom. The molecule has 23 heavy (non-hydrogen) atoms. The summed E-state index contributed by atoms with van der Waals surface area (Å²) in [6.45, 7) is 8.42. The second-order valence-corrected chi connectivity index (χ2v) is 8.75. The van der Waals surface area contributed by atoms with E-state index in [2.05, 4.69) is 20.4 Å². The highest BCUT2D eigenvalue weighted by Gasteiger charge is 2.59. The number of Topliss-reactive ketones (excluding diaryl/α,β-unsaturated/α-hetero) is 1. The summed E-state index contributed by atoms with van der Waals surface area (Å²) in [6, 6.07) is 0. The molecule has 0 spiro atoms. The molecule has 3 aliphatic rings. The van der Waals surface area contributed by atoms with E-state index in [1.165, 1.54) is 0 Å². The minimum atomic E-state index is -0.334. The molecule has 0 aromatic rings. The minimum Gasteiger partial charge on any atom is -0.392 e. The lowest BCUT2D eigenvalue weighted by molar-refractivity contribution is -0.158. The van der Waals surface area contributed by atoms with Crippen molar-refractivity contribution in [3.05, 3.63) is 12.2 Å². The molecule has 0 aromatic heterocycles. The molecule has 6 atom stereocenters. The van der Waals surface area contributed by atoms with Crippen LogP contribution in [0.15, 0.2) is 12.2 Å². The predicted octanol–water partition coefficient (Wildman–Crippen LogP) is 3.55. The summed E-state index contributed by atoms with van der Waals surface area (Å²) in [6.07, 6.45) is 7.74. The maximum absolute atomic E-state index is 12.9. The number of ketones is 1. The molecule has 0 saturated heterocycles. The zero-order chi connectivity index (χ0) is 16.8. The first-order chi connectivity index (χ1) is 10.9. The zero-order valence-corrected chi connectivity index (χ0v) is 14.5.